The SMILES string of the molecule is CCOC(=O)C1=C(C)N=c2sc(=Cc3ccc(Oc4ccc([N+](=O)[O-])cc4[N+](=O)[O-])cc3)c(=O)n2[C@H]1c1ccc(OC)cc1. The highest BCUT2D eigenvalue weighted by Crippen LogP contribution is 2.35. The first-order valence-electron chi connectivity index (χ1n) is 13.2. The van der Waals surface area contributed by atoms with Crippen molar-refractivity contribution in [3.05, 3.63) is 129 Å². The summed E-state index contributed by atoms with van der Waals surface area (Å²) < 4.78 is 18.1. The molecular weight excluding hydrogens is 592 g/mol. The Balaban J connectivity index is 1.51. The van der Waals surface area contributed by atoms with Gasteiger partial charge >= 0.3 is 11.7 Å². The van der Waals surface area contributed by atoms with Crippen LogP contribution in [-0.4, -0.2) is 34.1 Å². The third-order valence-corrected chi connectivity index (χ3v) is 7.69. The number of aromatic nitrogens is 1. The first kappa shape index (κ1) is 29.8. The van der Waals surface area contributed by atoms with Crippen molar-refractivity contribution < 1.29 is 28.9 Å². The van der Waals surface area contributed by atoms with Crippen LogP contribution in [0.5, 0.6) is 17.2 Å². The lowest BCUT2D eigenvalue weighted by molar-refractivity contribution is -0.394. The largest absolute Gasteiger partial charge is 0.497 e. The minimum absolute atomic E-state index is 0.159. The van der Waals surface area contributed by atoms with Gasteiger partial charge in [-0.2, -0.15) is 0 Å². The fourth-order valence-electron chi connectivity index (χ4n) is 4.65. The molecule has 14 heteroatoms. The van der Waals surface area contributed by atoms with E-state index in [9.17, 15) is 29.8 Å². The summed E-state index contributed by atoms with van der Waals surface area (Å²) in [5.41, 5.74) is 0.677. The number of nitro benzene ring substituents is 2. The molecule has 1 aliphatic rings. The van der Waals surface area contributed by atoms with Gasteiger partial charge in [0, 0.05) is 6.07 Å². The summed E-state index contributed by atoms with van der Waals surface area (Å²) in [6.07, 6.45) is 1.66. The lowest BCUT2D eigenvalue weighted by Gasteiger charge is -2.24. The zero-order valence-electron chi connectivity index (χ0n) is 23.6. The van der Waals surface area contributed by atoms with Crippen LogP contribution in [0.4, 0.5) is 11.4 Å². The number of thiazole rings is 1. The summed E-state index contributed by atoms with van der Waals surface area (Å²) >= 11 is 1.17. The maximum Gasteiger partial charge on any atom is 0.338 e. The van der Waals surface area contributed by atoms with Crippen LogP contribution in [0, 0.1) is 20.2 Å². The number of nitro groups is 2. The molecule has 0 fully saturated rings. The number of fused-ring (bicyclic) bond motifs is 1. The monoisotopic (exact) mass is 616 g/mol. The van der Waals surface area contributed by atoms with Gasteiger partial charge in [-0.3, -0.25) is 29.6 Å². The number of esters is 1. The molecule has 0 spiro atoms. The highest BCUT2D eigenvalue weighted by atomic mass is 32.1. The lowest BCUT2D eigenvalue weighted by Crippen LogP contribution is -2.39. The van der Waals surface area contributed by atoms with E-state index in [2.05, 4.69) is 4.99 Å². The number of allylic oxidation sites excluding steroid dienone is 1. The minimum Gasteiger partial charge on any atom is -0.497 e. The van der Waals surface area contributed by atoms with Crippen LogP contribution < -0.4 is 24.4 Å². The zero-order chi connectivity index (χ0) is 31.5. The zero-order valence-corrected chi connectivity index (χ0v) is 24.4. The molecule has 1 aliphatic heterocycles. The number of rotatable bonds is 9. The van der Waals surface area contributed by atoms with Crippen LogP contribution in [0.1, 0.15) is 31.0 Å². The van der Waals surface area contributed by atoms with Gasteiger partial charge in [-0.25, -0.2) is 9.79 Å². The van der Waals surface area contributed by atoms with Crippen LogP contribution in [0.15, 0.2) is 87.8 Å². The number of hydrogen-bond acceptors (Lipinski definition) is 11. The Morgan fingerprint density at radius 2 is 1.70 bits per heavy atom. The van der Waals surface area contributed by atoms with Gasteiger partial charge < -0.3 is 14.2 Å². The molecule has 2 heterocycles. The quantitative estimate of drug-likeness (QED) is 0.150. The molecule has 0 aliphatic carbocycles. The van der Waals surface area contributed by atoms with E-state index in [1.54, 1.807) is 75.6 Å². The first-order chi connectivity index (χ1) is 21.1. The average Bonchev–Trinajstić information content (AvgIpc) is 3.31. The predicted molar refractivity (Wildman–Crippen MR) is 160 cm³/mol. The van der Waals surface area contributed by atoms with E-state index >= 15 is 0 Å². The summed E-state index contributed by atoms with van der Waals surface area (Å²) in [6, 6.07) is 15.8. The maximum atomic E-state index is 13.8. The van der Waals surface area contributed by atoms with Gasteiger partial charge in [0.15, 0.2) is 4.80 Å². The van der Waals surface area contributed by atoms with Crippen LogP contribution in [-0.2, 0) is 9.53 Å². The lowest BCUT2D eigenvalue weighted by atomic mass is 9.96. The number of nitrogens with zero attached hydrogens (tertiary/aromatic N) is 4. The molecule has 0 saturated carbocycles. The van der Waals surface area contributed by atoms with Crippen molar-refractivity contribution in [2.45, 2.75) is 19.9 Å². The van der Waals surface area contributed by atoms with Gasteiger partial charge in [0.25, 0.3) is 11.2 Å². The molecule has 5 rings (SSSR count). The molecular formula is C30H24N4O9S. The Kier molecular flexibility index (Phi) is 8.35. The van der Waals surface area contributed by atoms with Crippen molar-refractivity contribution in [3.8, 4) is 17.2 Å². The molecule has 224 valence electrons. The Bertz CT molecular complexity index is 2000. The molecule has 44 heavy (non-hydrogen) atoms. The number of hydrogen-bond donors (Lipinski definition) is 0. The van der Waals surface area contributed by atoms with Gasteiger partial charge in [0.2, 0.25) is 5.75 Å². The number of ether oxygens (including phenoxy) is 3. The van der Waals surface area contributed by atoms with Crippen LogP contribution in [0.2, 0.25) is 0 Å². The number of carbonyl (C=O) groups excluding carboxylic acids is 1. The van der Waals surface area contributed by atoms with Gasteiger partial charge in [-0.05, 0) is 61.4 Å². The maximum absolute atomic E-state index is 13.8. The number of methoxy groups -OCH3 is 1. The average molecular weight is 617 g/mol. The van der Waals surface area contributed by atoms with E-state index in [1.807, 2.05) is 0 Å². The van der Waals surface area contributed by atoms with Crippen LogP contribution in [0.25, 0.3) is 6.08 Å². The summed E-state index contributed by atoms with van der Waals surface area (Å²) in [7, 11) is 1.55. The molecule has 4 aromatic rings. The van der Waals surface area contributed by atoms with E-state index in [4.69, 9.17) is 14.2 Å². The Hall–Kier alpha value is -5.63. The molecule has 0 N–H and O–H groups in total. The van der Waals surface area contributed by atoms with Crippen LogP contribution in [0.3, 0.4) is 0 Å². The molecule has 1 aromatic heterocycles. The number of benzene rings is 3. The van der Waals surface area contributed by atoms with Crippen molar-refractivity contribution in [1.29, 1.82) is 0 Å². The van der Waals surface area contributed by atoms with Gasteiger partial charge in [0.1, 0.15) is 11.5 Å². The third-order valence-electron chi connectivity index (χ3n) is 6.70. The third kappa shape index (κ3) is 5.83. The fourth-order valence-corrected chi connectivity index (χ4v) is 5.70. The van der Waals surface area contributed by atoms with Crippen molar-refractivity contribution in [3.63, 3.8) is 0 Å². The Labute approximate surface area is 252 Å². The predicted octanol–water partition coefficient (Wildman–Crippen LogP) is 4.42. The van der Waals surface area contributed by atoms with Crippen molar-refractivity contribution >= 4 is 34.8 Å². The van der Waals surface area contributed by atoms with Crippen molar-refractivity contribution in [2.24, 2.45) is 4.99 Å². The molecule has 0 saturated heterocycles. The van der Waals surface area contributed by atoms with E-state index < -0.39 is 33.2 Å². The molecule has 0 unspecified atom stereocenters. The second kappa shape index (κ2) is 12.3. The van der Waals surface area contributed by atoms with Crippen LogP contribution >= 0.6 is 11.3 Å². The first-order valence-corrected chi connectivity index (χ1v) is 14.0. The number of carbonyl (C=O) groups is 1. The molecule has 1 atom stereocenters. The van der Waals surface area contributed by atoms with E-state index in [0.29, 0.717) is 31.9 Å². The Morgan fingerprint density at radius 1 is 1.02 bits per heavy atom. The summed E-state index contributed by atoms with van der Waals surface area (Å²) in [4.78, 5) is 52.8. The molecule has 0 bridgehead atoms. The van der Waals surface area contributed by atoms with Gasteiger partial charge in [-0.15, -0.1) is 0 Å². The number of non-ortho nitro benzene ring substituents is 1. The van der Waals surface area contributed by atoms with E-state index in [1.165, 1.54) is 15.9 Å². The van der Waals surface area contributed by atoms with Crippen molar-refractivity contribution in [2.75, 3.05) is 13.7 Å². The smallest absolute Gasteiger partial charge is 0.338 e. The second-order valence-corrected chi connectivity index (χ2v) is 10.4. The molecule has 0 amide bonds. The molecule has 13 nitrogen and oxygen atoms in total. The van der Waals surface area contributed by atoms with Gasteiger partial charge in [0.05, 0.1) is 51.5 Å². The Morgan fingerprint density at radius 3 is 2.32 bits per heavy atom. The van der Waals surface area contributed by atoms with Crippen molar-refractivity contribution in [1.82, 2.24) is 4.57 Å². The summed E-state index contributed by atoms with van der Waals surface area (Å²) in [5, 5.41) is 22.4. The second-order valence-electron chi connectivity index (χ2n) is 9.41. The summed E-state index contributed by atoms with van der Waals surface area (Å²) in [5.74, 6) is 0.144. The highest BCUT2D eigenvalue weighted by molar-refractivity contribution is 7.07. The minimum atomic E-state index is -0.772. The topological polar surface area (TPSA) is 165 Å². The highest BCUT2D eigenvalue weighted by Gasteiger charge is 2.33. The standard InChI is InChI=1S/C30H24N4O9S/c1-4-42-29(36)26-17(2)31-30-32(27(26)19-7-12-21(41-3)13-8-19)28(35)25(44-30)15-18-5-10-22(11-6-18)43-24-14-9-20(33(37)38)16-23(24)34(39)40/h5-16,27H,4H2,1-3H3/t27-/m0/s1. The summed E-state index contributed by atoms with van der Waals surface area (Å²) in [6.45, 7) is 3.56. The fraction of sp³-hybridized carbons (Fsp3) is 0.167. The normalized spacial score (nSPS) is 14.4. The molecule has 0 radical (unpaired) electrons. The van der Waals surface area contributed by atoms with Gasteiger partial charge in [-0.1, -0.05) is 35.6 Å². The van der Waals surface area contributed by atoms with E-state index in [-0.39, 0.29) is 29.2 Å². The molecule has 3 aromatic carbocycles. The van der Waals surface area contributed by atoms with E-state index in [0.717, 1.165) is 18.2 Å².